The highest BCUT2D eigenvalue weighted by atomic mass is 16.6. The number of hydrogen-bond donors (Lipinski definition) is 1. The number of carbonyl (C=O) groups excluding carboxylic acids is 1. The van der Waals surface area contributed by atoms with Crippen molar-refractivity contribution in [3.63, 3.8) is 0 Å². The van der Waals surface area contributed by atoms with Gasteiger partial charge in [-0.15, -0.1) is 0 Å². The van der Waals surface area contributed by atoms with E-state index in [2.05, 4.69) is 5.32 Å². The third-order valence-corrected chi connectivity index (χ3v) is 3.70. The first-order valence-corrected chi connectivity index (χ1v) is 11.3. The Hall–Kier alpha value is -1.09. The van der Waals surface area contributed by atoms with Gasteiger partial charge >= 0.3 is 6.09 Å². The number of ether oxygens (including phenoxy) is 10. The lowest BCUT2D eigenvalue weighted by molar-refractivity contribution is -0.0250. The van der Waals surface area contributed by atoms with Crippen LogP contribution < -0.4 is 5.32 Å². The molecule has 0 saturated heterocycles. The zero-order valence-corrected chi connectivity index (χ0v) is 20.2. The Morgan fingerprint density at radius 2 is 0.697 bits per heavy atom. The summed E-state index contributed by atoms with van der Waals surface area (Å²) in [5.74, 6) is 0. The van der Waals surface area contributed by atoms with E-state index in [9.17, 15) is 4.79 Å². The van der Waals surface area contributed by atoms with Crippen molar-refractivity contribution in [1.82, 2.24) is 5.32 Å². The van der Waals surface area contributed by atoms with E-state index < -0.39 is 6.09 Å². The van der Waals surface area contributed by atoms with E-state index in [0.717, 1.165) is 0 Å². The molecule has 0 spiro atoms. The maximum absolute atomic E-state index is 10.8. The Morgan fingerprint density at radius 3 is 0.939 bits per heavy atom. The molecule has 33 heavy (non-hydrogen) atoms. The average Bonchev–Trinajstić information content (AvgIpc) is 2.83. The number of carbonyl (C=O) groups is 1. The van der Waals surface area contributed by atoms with Gasteiger partial charge in [-0.1, -0.05) is 0 Å². The first kappa shape index (κ1) is 31.9. The van der Waals surface area contributed by atoms with Crippen LogP contribution in [-0.4, -0.2) is 139 Å². The maximum atomic E-state index is 10.8. The first-order valence-electron chi connectivity index (χ1n) is 11.3. The van der Waals surface area contributed by atoms with Crippen LogP contribution in [0.15, 0.2) is 0 Å². The van der Waals surface area contributed by atoms with E-state index in [1.54, 1.807) is 7.11 Å². The lowest BCUT2D eigenvalue weighted by Crippen LogP contribution is -2.21. The summed E-state index contributed by atoms with van der Waals surface area (Å²) in [6.07, 6.45) is -0.470. The summed E-state index contributed by atoms with van der Waals surface area (Å²) in [6.45, 7) is 8.80. The van der Waals surface area contributed by atoms with Gasteiger partial charge in [-0.3, -0.25) is 0 Å². The third-order valence-electron chi connectivity index (χ3n) is 3.70. The van der Waals surface area contributed by atoms with Gasteiger partial charge in [-0.2, -0.15) is 0 Å². The van der Waals surface area contributed by atoms with Crippen LogP contribution in [0.3, 0.4) is 0 Å². The quantitative estimate of drug-likeness (QED) is 0.160. The molecule has 12 heteroatoms. The molecule has 0 aliphatic heterocycles. The van der Waals surface area contributed by atoms with E-state index >= 15 is 0 Å². The van der Waals surface area contributed by atoms with Gasteiger partial charge in [-0.05, 0) is 0 Å². The molecule has 0 atom stereocenters. The van der Waals surface area contributed by atoms with Gasteiger partial charge in [0.05, 0.1) is 112 Å². The van der Waals surface area contributed by atoms with E-state index in [1.807, 2.05) is 0 Å². The lowest BCUT2D eigenvalue weighted by Gasteiger charge is -2.08. The summed E-state index contributed by atoms with van der Waals surface area (Å²) in [7, 11) is 3.14. The number of nitrogens with one attached hydrogen (secondary N) is 1. The fourth-order valence-electron chi connectivity index (χ4n) is 2.05. The average molecular weight is 486 g/mol. The maximum Gasteiger partial charge on any atom is 0.406 e. The smallest absolute Gasteiger partial charge is 0.406 e. The van der Waals surface area contributed by atoms with Crippen LogP contribution in [0.5, 0.6) is 0 Å². The summed E-state index contributed by atoms with van der Waals surface area (Å²) in [4.78, 5) is 10.8. The molecule has 0 aliphatic carbocycles. The van der Waals surface area contributed by atoms with Crippen molar-refractivity contribution in [3.05, 3.63) is 0 Å². The van der Waals surface area contributed by atoms with Crippen molar-refractivity contribution in [2.24, 2.45) is 0 Å². The van der Waals surface area contributed by atoms with Gasteiger partial charge in [-0.25, -0.2) is 4.79 Å². The predicted octanol–water partition coefficient (Wildman–Crippen LogP) is 0.122. The first-order chi connectivity index (χ1) is 16.3. The summed E-state index contributed by atoms with van der Waals surface area (Å²) in [6, 6.07) is 0. The number of methoxy groups -OCH3 is 1. The monoisotopic (exact) mass is 485 g/mol. The second-order valence-electron chi connectivity index (χ2n) is 6.28. The van der Waals surface area contributed by atoms with Gasteiger partial charge in [0.15, 0.2) is 0 Å². The van der Waals surface area contributed by atoms with Crippen LogP contribution >= 0.6 is 0 Å². The van der Waals surface area contributed by atoms with Crippen LogP contribution in [0.25, 0.3) is 0 Å². The van der Waals surface area contributed by atoms with Crippen LogP contribution in [0.4, 0.5) is 4.79 Å². The van der Waals surface area contributed by atoms with Crippen molar-refractivity contribution in [1.29, 1.82) is 0 Å². The minimum atomic E-state index is -0.470. The van der Waals surface area contributed by atoms with Crippen molar-refractivity contribution in [2.75, 3.05) is 133 Å². The number of amides is 1. The molecule has 1 amide bonds. The second-order valence-corrected chi connectivity index (χ2v) is 6.28. The van der Waals surface area contributed by atoms with Crippen molar-refractivity contribution >= 4 is 6.09 Å². The molecule has 1 N–H and O–H groups in total. The molecule has 0 saturated carbocycles. The molecule has 0 rings (SSSR count). The third kappa shape index (κ3) is 28.9. The van der Waals surface area contributed by atoms with Crippen LogP contribution in [0.1, 0.15) is 0 Å². The molecule has 0 bridgehead atoms. The predicted molar refractivity (Wildman–Crippen MR) is 119 cm³/mol. The number of alkyl carbamates (subject to hydrolysis) is 1. The summed E-state index contributed by atoms with van der Waals surface area (Å²) in [5.41, 5.74) is 0. The fourth-order valence-corrected chi connectivity index (χ4v) is 2.05. The van der Waals surface area contributed by atoms with Crippen LogP contribution in [0, 0.1) is 0 Å². The Labute approximate surface area is 197 Å². The standard InChI is InChI=1S/C21H43NO11/c1-22-21(23)33-20-19-32-18-17-31-16-15-30-14-13-29-12-11-28-10-9-27-8-7-26-6-5-25-4-3-24-2/h3-20H2,1-2H3,(H,22,23). The molecule has 12 nitrogen and oxygen atoms in total. The van der Waals surface area contributed by atoms with Crippen LogP contribution in [0.2, 0.25) is 0 Å². The van der Waals surface area contributed by atoms with Crippen molar-refractivity contribution < 1.29 is 52.2 Å². The molecule has 0 aromatic carbocycles. The number of hydrogen-bond acceptors (Lipinski definition) is 11. The highest BCUT2D eigenvalue weighted by molar-refractivity contribution is 5.66. The fraction of sp³-hybridized carbons (Fsp3) is 0.952. The molecule has 198 valence electrons. The normalized spacial score (nSPS) is 11.1. The molecular formula is C21H43NO11. The minimum Gasteiger partial charge on any atom is -0.447 e. The Bertz CT molecular complexity index is 391. The van der Waals surface area contributed by atoms with Crippen molar-refractivity contribution in [2.45, 2.75) is 0 Å². The highest BCUT2D eigenvalue weighted by Gasteiger charge is 1.97. The zero-order chi connectivity index (χ0) is 24.1. The summed E-state index contributed by atoms with van der Waals surface area (Å²) in [5, 5.41) is 2.35. The largest absolute Gasteiger partial charge is 0.447 e. The van der Waals surface area contributed by atoms with Crippen molar-refractivity contribution in [3.8, 4) is 0 Å². The molecule has 0 aliphatic rings. The molecular weight excluding hydrogens is 442 g/mol. The van der Waals surface area contributed by atoms with E-state index in [4.69, 9.17) is 47.4 Å². The van der Waals surface area contributed by atoms with E-state index in [1.165, 1.54) is 7.05 Å². The van der Waals surface area contributed by atoms with E-state index in [0.29, 0.717) is 112 Å². The molecule has 0 radical (unpaired) electrons. The van der Waals surface area contributed by atoms with Gasteiger partial charge in [0.25, 0.3) is 0 Å². The summed E-state index contributed by atoms with van der Waals surface area (Å²) < 4.78 is 52.5. The summed E-state index contributed by atoms with van der Waals surface area (Å²) >= 11 is 0. The van der Waals surface area contributed by atoms with Gasteiger partial charge in [0.2, 0.25) is 0 Å². The van der Waals surface area contributed by atoms with Gasteiger partial charge in [0, 0.05) is 14.2 Å². The lowest BCUT2D eigenvalue weighted by atomic mass is 10.6. The molecule has 0 fully saturated rings. The molecule has 0 unspecified atom stereocenters. The Kier molecular flexibility index (Phi) is 28.0. The van der Waals surface area contributed by atoms with Crippen LogP contribution in [-0.2, 0) is 47.4 Å². The molecule has 0 aromatic heterocycles. The van der Waals surface area contributed by atoms with Gasteiger partial charge in [0.1, 0.15) is 6.61 Å². The minimum absolute atomic E-state index is 0.212. The Balaban J connectivity index is 3.02. The van der Waals surface area contributed by atoms with Gasteiger partial charge < -0.3 is 52.7 Å². The molecule has 0 aromatic rings. The van der Waals surface area contributed by atoms with E-state index in [-0.39, 0.29) is 6.61 Å². The SMILES string of the molecule is CNC(=O)OCCOCCOCCOCCOCCOCCOCCOCCOCCOC. The Morgan fingerprint density at radius 1 is 0.455 bits per heavy atom. The highest BCUT2D eigenvalue weighted by Crippen LogP contribution is 1.86. The zero-order valence-electron chi connectivity index (χ0n) is 20.2. The number of rotatable bonds is 27. The molecule has 0 heterocycles. The second kappa shape index (κ2) is 28.9. The topological polar surface area (TPSA) is 121 Å².